The predicted octanol–water partition coefficient (Wildman–Crippen LogP) is 2.79. The third-order valence-electron chi connectivity index (χ3n) is 4.49. The maximum Gasteiger partial charge on any atom is 0.194 e. The molecule has 0 radical (unpaired) electrons. The molecule has 0 unspecified atom stereocenters. The molecule has 0 saturated heterocycles. The first-order chi connectivity index (χ1) is 11.5. The van der Waals surface area contributed by atoms with Gasteiger partial charge < -0.3 is 14.8 Å². The molecule has 25 heavy (non-hydrogen) atoms. The van der Waals surface area contributed by atoms with E-state index in [0.717, 1.165) is 24.2 Å². The van der Waals surface area contributed by atoms with Crippen molar-refractivity contribution in [3.05, 3.63) is 47.0 Å². The summed E-state index contributed by atoms with van der Waals surface area (Å²) in [5, 5.41) is 11.8. The second-order valence-corrected chi connectivity index (χ2v) is 6.56. The normalized spacial score (nSPS) is 14.2. The number of guanidine groups is 1. The summed E-state index contributed by atoms with van der Waals surface area (Å²) in [5.74, 6) is 2.72. The van der Waals surface area contributed by atoms with Crippen LogP contribution in [0.2, 0.25) is 0 Å². The Morgan fingerprint density at radius 2 is 2.00 bits per heavy atom. The van der Waals surface area contributed by atoms with Crippen LogP contribution in [-0.4, -0.2) is 38.7 Å². The van der Waals surface area contributed by atoms with Crippen LogP contribution < -0.4 is 5.32 Å². The van der Waals surface area contributed by atoms with Crippen molar-refractivity contribution < 1.29 is 0 Å². The first-order valence-electron chi connectivity index (χ1n) is 8.46. The number of benzene rings is 1. The maximum absolute atomic E-state index is 4.78. The molecule has 1 heterocycles. The van der Waals surface area contributed by atoms with Gasteiger partial charge in [0, 0.05) is 26.7 Å². The standard InChI is InChI=1S/C18H26N6.HI/c1-13-7-5-6-8-15(13)12-23(3)18(20-16-9-10-16)19-11-17-22-21-14(2)24(17)4;/h5-8,16H,9-12H2,1-4H3,(H,19,20);1H. The summed E-state index contributed by atoms with van der Waals surface area (Å²) < 4.78 is 1.99. The molecule has 1 saturated carbocycles. The second-order valence-electron chi connectivity index (χ2n) is 6.56. The van der Waals surface area contributed by atoms with Crippen LogP contribution in [0.4, 0.5) is 0 Å². The summed E-state index contributed by atoms with van der Waals surface area (Å²) in [7, 11) is 4.06. The van der Waals surface area contributed by atoms with Crippen LogP contribution in [0.15, 0.2) is 29.3 Å². The molecule has 0 atom stereocenters. The highest BCUT2D eigenvalue weighted by Gasteiger charge is 2.24. The molecule has 136 valence electrons. The predicted molar refractivity (Wildman–Crippen MR) is 111 cm³/mol. The van der Waals surface area contributed by atoms with Gasteiger partial charge in [0.15, 0.2) is 11.8 Å². The van der Waals surface area contributed by atoms with Gasteiger partial charge in [0.05, 0.1) is 0 Å². The van der Waals surface area contributed by atoms with Gasteiger partial charge in [-0.05, 0) is 37.8 Å². The molecule has 3 rings (SSSR count). The molecule has 7 heteroatoms. The van der Waals surface area contributed by atoms with Crippen LogP contribution in [-0.2, 0) is 20.1 Å². The van der Waals surface area contributed by atoms with Crippen LogP contribution in [0, 0.1) is 13.8 Å². The number of nitrogens with one attached hydrogen (secondary N) is 1. The fraction of sp³-hybridized carbons (Fsp3) is 0.500. The number of rotatable bonds is 5. The van der Waals surface area contributed by atoms with Gasteiger partial charge in [0.2, 0.25) is 0 Å². The van der Waals surface area contributed by atoms with Crippen molar-refractivity contribution in [3.63, 3.8) is 0 Å². The summed E-state index contributed by atoms with van der Waals surface area (Å²) in [6, 6.07) is 9.05. The first kappa shape index (κ1) is 19.7. The summed E-state index contributed by atoms with van der Waals surface area (Å²) in [4.78, 5) is 6.97. The van der Waals surface area contributed by atoms with Crippen molar-refractivity contribution >= 4 is 29.9 Å². The fourth-order valence-corrected chi connectivity index (χ4v) is 2.54. The van der Waals surface area contributed by atoms with Gasteiger partial charge in [-0.3, -0.25) is 0 Å². The molecule has 0 aliphatic heterocycles. The molecule has 1 aliphatic carbocycles. The Labute approximate surface area is 166 Å². The van der Waals surface area contributed by atoms with E-state index in [-0.39, 0.29) is 24.0 Å². The van der Waals surface area contributed by atoms with E-state index in [1.165, 1.54) is 24.0 Å². The number of aromatic nitrogens is 3. The van der Waals surface area contributed by atoms with E-state index in [4.69, 9.17) is 4.99 Å². The summed E-state index contributed by atoms with van der Waals surface area (Å²) >= 11 is 0. The Morgan fingerprint density at radius 3 is 2.60 bits per heavy atom. The molecular formula is C18H27IN6. The van der Waals surface area contributed by atoms with E-state index < -0.39 is 0 Å². The maximum atomic E-state index is 4.78. The molecule has 0 spiro atoms. The summed E-state index contributed by atoms with van der Waals surface area (Å²) in [6.07, 6.45) is 2.45. The number of aliphatic imine (C=N–C) groups is 1. The van der Waals surface area contributed by atoms with Crippen molar-refractivity contribution in [2.75, 3.05) is 7.05 Å². The highest BCUT2D eigenvalue weighted by Crippen LogP contribution is 2.19. The van der Waals surface area contributed by atoms with Gasteiger partial charge in [-0.1, -0.05) is 24.3 Å². The van der Waals surface area contributed by atoms with E-state index in [0.29, 0.717) is 12.6 Å². The third-order valence-corrected chi connectivity index (χ3v) is 4.49. The number of hydrogen-bond acceptors (Lipinski definition) is 3. The van der Waals surface area contributed by atoms with Crippen molar-refractivity contribution in [2.24, 2.45) is 12.0 Å². The van der Waals surface area contributed by atoms with Crippen LogP contribution in [0.5, 0.6) is 0 Å². The Kier molecular flexibility index (Phi) is 6.80. The van der Waals surface area contributed by atoms with E-state index in [2.05, 4.69) is 58.7 Å². The quantitative estimate of drug-likeness (QED) is 0.429. The molecule has 1 fully saturated rings. The molecule has 0 bridgehead atoms. The highest BCUT2D eigenvalue weighted by molar-refractivity contribution is 14.0. The number of aryl methyl sites for hydroxylation is 2. The van der Waals surface area contributed by atoms with Crippen LogP contribution in [0.1, 0.15) is 35.6 Å². The number of hydrogen-bond donors (Lipinski definition) is 1. The van der Waals surface area contributed by atoms with Crippen LogP contribution in [0.3, 0.4) is 0 Å². The topological polar surface area (TPSA) is 58.3 Å². The van der Waals surface area contributed by atoms with Crippen molar-refractivity contribution in [1.29, 1.82) is 0 Å². The van der Waals surface area contributed by atoms with Crippen LogP contribution >= 0.6 is 24.0 Å². The lowest BCUT2D eigenvalue weighted by atomic mass is 10.1. The Hall–Kier alpha value is -1.64. The van der Waals surface area contributed by atoms with E-state index in [1.807, 2.05) is 18.5 Å². The van der Waals surface area contributed by atoms with Gasteiger partial charge >= 0.3 is 0 Å². The molecule has 1 aromatic carbocycles. The average molecular weight is 454 g/mol. The molecular weight excluding hydrogens is 427 g/mol. The van der Waals surface area contributed by atoms with Gasteiger partial charge in [0.1, 0.15) is 12.4 Å². The number of halogens is 1. The lowest BCUT2D eigenvalue weighted by Crippen LogP contribution is -2.40. The SMILES string of the molecule is Cc1ccccc1CN(C)C(=NCc1nnc(C)n1C)NC1CC1.I. The van der Waals surface area contributed by atoms with Crippen molar-refractivity contribution in [3.8, 4) is 0 Å². The Balaban J connectivity index is 0.00000225. The third kappa shape index (κ3) is 5.17. The zero-order chi connectivity index (χ0) is 17.1. The van der Waals surface area contributed by atoms with E-state index in [1.54, 1.807) is 0 Å². The summed E-state index contributed by atoms with van der Waals surface area (Å²) in [6.45, 7) is 5.47. The molecule has 0 amide bonds. The fourth-order valence-electron chi connectivity index (χ4n) is 2.54. The average Bonchev–Trinajstić information content (AvgIpc) is 3.33. The van der Waals surface area contributed by atoms with Crippen molar-refractivity contribution in [1.82, 2.24) is 25.0 Å². The smallest absolute Gasteiger partial charge is 0.194 e. The minimum Gasteiger partial charge on any atom is -0.353 e. The zero-order valence-electron chi connectivity index (χ0n) is 15.4. The molecule has 2 aromatic rings. The zero-order valence-corrected chi connectivity index (χ0v) is 17.7. The molecule has 1 aromatic heterocycles. The first-order valence-corrected chi connectivity index (χ1v) is 8.46. The monoisotopic (exact) mass is 454 g/mol. The number of nitrogens with zero attached hydrogens (tertiary/aromatic N) is 5. The van der Waals surface area contributed by atoms with Gasteiger partial charge in [-0.25, -0.2) is 4.99 Å². The van der Waals surface area contributed by atoms with E-state index >= 15 is 0 Å². The Morgan fingerprint density at radius 1 is 1.28 bits per heavy atom. The lowest BCUT2D eigenvalue weighted by Gasteiger charge is -2.23. The van der Waals surface area contributed by atoms with E-state index in [9.17, 15) is 0 Å². The van der Waals surface area contributed by atoms with Crippen molar-refractivity contribution in [2.45, 2.75) is 45.8 Å². The Bertz CT molecular complexity index is 735. The molecule has 1 N–H and O–H groups in total. The minimum absolute atomic E-state index is 0. The largest absolute Gasteiger partial charge is 0.353 e. The second kappa shape index (κ2) is 8.64. The van der Waals surface area contributed by atoms with Gasteiger partial charge in [-0.15, -0.1) is 34.2 Å². The van der Waals surface area contributed by atoms with Gasteiger partial charge in [-0.2, -0.15) is 0 Å². The highest BCUT2D eigenvalue weighted by atomic mass is 127. The summed E-state index contributed by atoms with van der Waals surface area (Å²) in [5.41, 5.74) is 2.62. The van der Waals surface area contributed by atoms with Gasteiger partial charge in [0.25, 0.3) is 0 Å². The minimum atomic E-state index is 0. The lowest BCUT2D eigenvalue weighted by molar-refractivity contribution is 0.472. The van der Waals surface area contributed by atoms with Crippen LogP contribution in [0.25, 0.3) is 0 Å². The molecule has 1 aliphatic rings. The molecule has 6 nitrogen and oxygen atoms in total.